The summed E-state index contributed by atoms with van der Waals surface area (Å²) in [5.74, 6) is 0.0986. The van der Waals surface area contributed by atoms with Crippen LogP contribution in [0.5, 0.6) is 0 Å². The maximum Gasteiger partial charge on any atom is 0.247 e. The minimum Gasteiger partial charge on any atom is -0.365 e. The number of epoxide rings is 1. The summed E-state index contributed by atoms with van der Waals surface area (Å²) in [6.45, 7) is 8.07. The number of hydrogen-bond acceptors (Lipinski definition) is 5. The number of carbonyl (C=O) groups is 1. The lowest BCUT2D eigenvalue weighted by molar-refractivity contribution is -0.137. The van der Waals surface area contributed by atoms with Gasteiger partial charge in [-0.3, -0.25) is 9.69 Å². The number of nitrogens with zero attached hydrogens (tertiary/aromatic N) is 2. The van der Waals surface area contributed by atoms with Crippen LogP contribution >= 0.6 is 0 Å². The van der Waals surface area contributed by atoms with Crippen molar-refractivity contribution in [2.45, 2.75) is 74.5 Å². The second kappa shape index (κ2) is 7.06. The number of carbonyl (C=O) groups excluding carboxylic acids is 1. The van der Waals surface area contributed by atoms with Crippen LogP contribution in [0.3, 0.4) is 0 Å². The molecule has 0 radical (unpaired) electrons. The van der Waals surface area contributed by atoms with Gasteiger partial charge in [-0.15, -0.1) is 0 Å². The van der Waals surface area contributed by atoms with Crippen LogP contribution < -0.4 is 10.6 Å². The van der Waals surface area contributed by atoms with Gasteiger partial charge in [0, 0.05) is 36.0 Å². The van der Waals surface area contributed by atoms with E-state index in [0.717, 1.165) is 25.9 Å². The monoisotopic (exact) mass is 494 g/mol. The molecule has 190 valence electrons. The summed E-state index contributed by atoms with van der Waals surface area (Å²) >= 11 is 0. The standard InChI is InChI=1S/C31H34N4O2/c1-4-5-6-14-23(36)34-17-15-30-20-11-7-8-12-21(20)32-27-31(30)16-18-35(28(30)34)25(26-29(2,3)37-26)19-10-9-13-22(33-27)24(19)31/h4-14,25-28,32-33H,15-18H2,1-3H3/b5-4+,14-6+/t25-,26+,27+,28+,30-,31-/m1/s1. The molecule has 6 heterocycles. The summed E-state index contributed by atoms with van der Waals surface area (Å²) in [5, 5.41) is 7.85. The minimum atomic E-state index is -0.218. The fourth-order valence-electron chi connectivity index (χ4n) is 8.94. The van der Waals surface area contributed by atoms with Gasteiger partial charge in [0.25, 0.3) is 0 Å². The zero-order valence-electron chi connectivity index (χ0n) is 21.7. The molecule has 6 aliphatic heterocycles. The van der Waals surface area contributed by atoms with E-state index in [1.54, 1.807) is 6.08 Å². The number of likely N-dealkylation sites (tertiary alicyclic amines) is 1. The van der Waals surface area contributed by atoms with E-state index in [0.29, 0.717) is 0 Å². The molecule has 0 saturated carbocycles. The molecule has 0 aliphatic carbocycles. The normalized spacial score (nSPS) is 39.1. The largest absolute Gasteiger partial charge is 0.365 e. The van der Waals surface area contributed by atoms with Gasteiger partial charge in [0.15, 0.2) is 0 Å². The molecule has 1 amide bonds. The molecule has 2 aromatic carbocycles. The van der Waals surface area contributed by atoms with Crippen molar-refractivity contribution in [2.24, 2.45) is 0 Å². The fourth-order valence-corrected chi connectivity index (χ4v) is 8.94. The van der Waals surface area contributed by atoms with E-state index >= 15 is 0 Å². The van der Waals surface area contributed by atoms with E-state index < -0.39 is 0 Å². The minimum absolute atomic E-state index is 0.0418. The third-order valence-corrected chi connectivity index (χ3v) is 10.2. The molecule has 7 atom stereocenters. The number of anilines is 2. The molecule has 37 heavy (non-hydrogen) atoms. The quantitative estimate of drug-likeness (QED) is 0.369. The number of ether oxygens (including phenoxy) is 1. The van der Waals surface area contributed by atoms with Crippen LogP contribution in [0.4, 0.5) is 11.4 Å². The Kier molecular flexibility index (Phi) is 4.19. The van der Waals surface area contributed by atoms with E-state index in [2.05, 4.69) is 76.7 Å². The number of benzene rings is 2. The maximum absolute atomic E-state index is 13.8. The zero-order valence-corrected chi connectivity index (χ0v) is 21.7. The van der Waals surface area contributed by atoms with Crippen molar-refractivity contribution >= 4 is 17.3 Å². The summed E-state index contributed by atoms with van der Waals surface area (Å²) in [6, 6.07) is 15.7. The molecule has 1 unspecified atom stereocenters. The van der Waals surface area contributed by atoms with Crippen LogP contribution in [0.25, 0.3) is 0 Å². The van der Waals surface area contributed by atoms with Crippen LogP contribution in [-0.2, 0) is 20.4 Å². The SMILES string of the molecule is C/C=C/C=C/C(=O)N1CC[C@]23c4ccccc4N[C@H]4Nc5cccc6c5[C@]42CCN([C@H]6[C@@H]2OC2(C)C)[C@H]13. The van der Waals surface area contributed by atoms with Crippen molar-refractivity contribution in [1.29, 1.82) is 0 Å². The van der Waals surface area contributed by atoms with Crippen LogP contribution in [0.15, 0.2) is 66.8 Å². The molecule has 6 aliphatic rings. The molecule has 0 aromatic heterocycles. The lowest BCUT2D eigenvalue weighted by atomic mass is 9.50. The summed E-state index contributed by atoms with van der Waals surface area (Å²) in [5.41, 5.74) is 6.09. The number of piperidine rings is 1. The van der Waals surface area contributed by atoms with Gasteiger partial charge < -0.3 is 20.3 Å². The van der Waals surface area contributed by atoms with E-state index in [1.165, 1.54) is 28.1 Å². The van der Waals surface area contributed by atoms with Crippen molar-refractivity contribution in [1.82, 2.24) is 9.80 Å². The summed E-state index contributed by atoms with van der Waals surface area (Å²) in [6.07, 6.45) is 9.67. The van der Waals surface area contributed by atoms with Gasteiger partial charge in [-0.2, -0.15) is 0 Å². The zero-order chi connectivity index (χ0) is 25.2. The molecular weight excluding hydrogens is 460 g/mol. The lowest BCUT2D eigenvalue weighted by Gasteiger charge is -2.61. The Balaban J connectivity index is 1.42. The molecule has 3 saturated heterocycles. The smallest absolute Gasteiger partial charge is 0.247 e. The van der Waals surface area contributed by atoms with E-state index in [-0.39, 0.29) is 46.8 Å². The van der Waals surface area contributed by atoms with Crippen molar-refractivity contribution in [3.05, 3.63) is 83.5 Å². The Labute approximate surface area is 218 Å². The maximum atomic E-state index is 13.8. The molecule has 3 fully saturated rings. The predicted molar refractivity (Wildman–Crippen MR) is 144 cm³/mol. The number of nitrogens with one attached hydrogen (secondary N) is 2. The highest BCUT2D eigenvalue weighted by Crippen LogP contribution is 2.71. The number of fused-ring (bicyclic) bond motifs is 1. The lowest BCUT2D eigenvalue weighted by Crippen LogP contribution is -2.72. The van der Waals surface area contributed by atoms with Crippen molar-refractivity contribution in [2.75, 3.05) is 23.7 Å². The third kappa shape index (κ3) is 2.47. The van der Waals surface area contributed by atoms with Crippen molar-refractivity contribution in [3.63, 3.8) is 0 Å². The predicted octanol–water partition coefficient (Wildman–Crippen LogP) is 4.67. The Hall–Kier alpha value is -3.09. The topological polar surface area (TPSA) is 60.1 Å². The van der Waals surface area contributed by atoms with Gasteiger partial charge in [0.1, 0.15) is 12.3 Å². The first-order valence-corrected chi connectivity index (χ1v) is 13.7. The van der Waals surface area contributed by atoms with Crippen molar-refractivity contribution in [3.8, 4) is 0 Å². The fraction of sp³-hybridized carbons (Fsp3) is 0.452. The highest BCUT2D eigenvalue weighted by atomic mass is 16.6. The number of allylic oxidation sites excluding steroid dienone is 3. The summed E-state index contributed by atoms with van der Waals surface area (Å²) in [7, 11) is 0. The van der Waals surface area contributed by atoms with Crippen molar-refractivity contribution < 1.29 is 9.53 Å². The Bertz CT molecular complexity index is 1400. The molecule has 6 nitrogen and oxygen atoms in total. The second-order valence-electron chi connectivity index (χ2n) is 12.1. The average Bonchev–Trinajstić information content (AvgIpc) is 3.24. The van der Waals surface area contributed by atoms with Gasteiger partial charge in [0.05, 0.1) is 23.2 Å². The molecule has 6 heteroatoms. The Morgan fingerprint density at radius 1 is 1.00 bits per heavy atom. The second-order valence-corrected chi connectivity index (χ2v) is 12.1. The van der Waals surface area contributed by atoms with Gasteiger partial charge in [-0.05, 0) is 62.4 Å². The first-order valence-electron chi connectivity index (χ1n) is 13.7. The summed E-state index contributed by atoms with van der Waals surface area (Å²) < 4.78 is 6.40. The molecule has 2 aromatic rings. The molecule has 2 N–H and O–H groups in total. The summed E-state index contributed by atoms with van der Waals surface area (Å²) in [4.78, 5) is 18.7. The van der Waals surface area contributed by atoms with E-state index in [9.17, 15) is 4.79 Å². The van der Waals surface area contributed by atoms with Gasteiger partial charge in [-0.1, -0.05) is 48.6 Å². The third-order valence-electron chi connectivity index (χ3n) is 10.2. The molecule has 2 bridgehead atoms. The van der Waals surface area contributed by atoms with Gasteiger partial charge in [-0.25, -0.2) is 0 Å². The van der Waals surface area contributed by atoms with Gasteiger partial charge in [0.2, 0.25) is 5.91 Å². The number of rotatable bonds is 3. The number of hydrogen-bond donors (Lipinski definition) is 2. The van der Waals surface area contributed by atoms with Crippen LogP contribution in [-0.4, -0.2) is 52.8 Å². The van der Waals surface area contributed by atoms with Crippen LogP contribution in [0.1, 0.15) is 56.3 Å². The first-order chi connectivity index (χ1) is 17.9. The Morgan fingerprint density at radius 3 is 2.57 bits per heavy atom. The first kappa shape index (κ1) is 21.9. The number of amides is 1. The Morgan fingerprint density at radius 2 is 1.76 bits per heavy atom. The molecular formula is C31H34N4O2. The molecule has 2 spiro atoms. The highest BCUT2D eigenvalue weighted by molar-refractivity contribution is 5.89. The molecule has 8 rings (SSSR count). The highest BCUT2D eigenvalue weighted by Gasteiger charge is 2.76. The van der Waals surface area contributed by atoms with E-state index in [1.807, 2.05) is 25.2 Å². The number of para-hydroxylation sites is 1. The van der Waals surface area contributed by atoms with Crippen LogP contribution in [0, 0.1) is 0 Å². The average molecular weight is 495 g/mol. The van der Waals surface area contributed by atoms with Crippen LogP contribution in [0.2, 0.25) is 0 Å². The van der Waals surface area contributed by atoms with Gasteiger partial charge >= 0.3 is 0 Å². The van der Waals surface area contributed by atoms with E-state index in [4.69, 9.17) is 4.74 Å².